The number of halogens is 2. The molecule has 0 fully saturated rings. The average molecular weight is 710 g/mol. The number of nitrogens with one attached hydrogen (secondary N) is 1. The van der Waals surface area contributed by atoms with Crippen LogP contribution < -0.4 is 10.1 Å². The first kappa shape index (κ1) is 33.3. The van der Waals surface area contributed by atoms with Gasteiger partial charge in [0.2, 0.25) is 5.90 Å². The normalized spacial score (nSPS) is 17.6. The average Bonchev–Trinajstić information content (AvgIpc) is 3.46. The van der Waals surface area contributed by atoms with Crippen LogP contribution in [0.3, 0.4) is 0 Å². The van der Waals surface area contributed by atoms with Crippen LogP contribution in [-0.4, -0.2) is 56.4 Å². The van der Waals surface area contributed by atoms with Crippen molar-refractivity contribution in [2.75, 3.05) is 25.5 Å². The summed E-state index contributed by atoms with van der Waals surface area (Å²) in [6.07, 6.45) is -0.256. The molecule has 46 heavy (non-hydrogen) atoms. The molecule has 1 aliphatic rings. The first-order valence-electron chi connectivity index (χ1n) is 14.9. The van der Waals surface area contributed by atoms with Crippen LogP contribution in [0.5, 0.6) is 5.75 Å². The monoisotopic (exact) mass is 708 g/mol. The van der Waals surface area contributed by atoms with Gasteiger partial charge in [-0.3, -0.25) is 4.79 Å². The van der Waals surface area contributed by atoms with Gasteiger partial charge in [0.05, 0.1) is 17.3 Å². The second-order valence-electron chi connectivity index (χ2n) is 10.9. The second-order valence-corrected chi connectivity index (χ2v) is 13.9. The maximum atomic E-state index is 14.3. The van der Waals surface area contributed by atoms with Gasteiger partial charge in [0, 0.05) is 36.0 Å². The summed E-state index contributed by atoms with van der Waals surface area (Å²) in [4.78, 5) is 19.3. The highest BCUT2D eigenvalue weighted by Crippen LogP contribution is 2.43. The summed E-state index contributed by atoms with van der Waals surface area (Å²) in [5.74, 6) is -0.453. The Labute approximate surface area is 276 Å². The van der Waals surface area contributed by atoms with Gasteiger partial charge in [0.15, 0.2) is 21.5 Å². The quantitative estimate of drug-likeness (QED) is 0.160. The standard InChI is InChI=1S/C35H34BrFN2O6S/c36-28-14-10-26(11-15-28)32-35(19-23-46(42,43)31-8-2-1-3-9-31,34(41)38-20-18-25-6-4-7-29(37)24-25)39-33(45-32)27-12-16-30(17-13-27)44-22-5-21-40/h1-4,6-17,24,32,40H,5,18-23H2,(H,38,41)/t32-,35-/m1/s1. The zero-order valence-corrected chi connectivity index (χ0v) is 27.3. The molecule has 2 N–H and O–H groups in total. The minimum Gasteiger partial charge on any atom is -0.494 e. The molecule has 1 amide bonds. The lowest BCUT2D eigenvalue weighted by Crippen LogP contribution is -2.49. The van der Waals surface area contributed by atoms with Crippen LogP contribution in [0.4, 0.5) is 4.39 Å². The number of hydrogen-bond acceptors (Lipinski definition) is 7. The Kier molecular flexibility index (Phi) is 10.9. The lowest BCUT2D eigenvalue weighted by Gasteiger charge is -2.30. The van der Waals surface area contributed by atoms with E-state index < -0.39 is 27.4 Å². The van der Waals surface area contributed by atoms with Crippen molar-refractivity contribution in [2.24, 2.45) is 4.99 Å². The third-order valence-electron chi connectivity index (χ3n) is 7.65. The summed E-state index contributed by atoms with van der Waals surface area (Å²) in [7, 11) is -3.79. The molecule has 2 atom stereocenters. The van der Waals surface area contributed by atoms with Gasteiger partial charge in [-0.2, -0.15) is 0 Å². The molecular weight excluding hydrogens is 675 g/mol. The molecular formula is C35H34BrFN2O6S. The van der Waals surface area contributed by atoms with Crippen molar-refractivity contribution >= 4 is 37.6 Å². The Morgan fingerprint density at radius 1 is 1.00 bits per heavy atom. The number of carbonyl (C=O) groups excluding carboxylic acids is 1. The van der Waals surface area contributed by atoms with Crippen LogP contribution in [0.1, 0.15) is 35.6 Å². The molecule has 0 aromatic heterocycles. The number of ether oxygens (including phenoxy) is 2. The van der Waals surface area contributed by atoms with Gasteiger partial charge in [0.1, 0.15) is 11.6 Å². The van der Waals surface area contributed by atoms with Gasteiger partial charge >= 0.3 is 0 Å². The molecule has 8 nitrogen and oxygen atoms in total. The van der Waals surface area contributed by atoms with E-state index in [1.165, 1.54) is 24.3 Å². The smallest absolute Gasteiger partial charge is 0.252 e. The predicted octanol–water partition coefficient (Wildman–Crippen LogP) is 5.83. The van der Waals surface area contributed by atoms with E-state index >= 15 is 0 Å². The molecule has 0 unspecified atom stereocenters. The third-order valence-corrected chi connectivity index (χ3v) is 9.91. The first-order chi connectivity index (χ1) is 22.2. The van der Waals surface area contributed by atoms with Crippen molar-refractivity contribution in [3.63, 3.8) is 0 Å². The fourth-order valence-electron chi connectivity index (χ4n) is 5.21. The topological polar surface area (TPSA) is 114 Å². The molecule has 0 radical (unpaired) electrons. The van der Waals surface area contributed by atoms with Crippen molar-refractivity contribution in [3.05, 3.63) is 130 Å². The number of aliphatic hydroxyl groups is 1. The van der Waals surface area contributed by atoms with Gasteiger partial charge < -0.3 is 19.9 Å². The first-order valence-corrected chi connectivity index (χ1v) is 17.3. The van der Waals surface area contributed by atoms with Gasteiger partial charge in [-0.15, -0.1) is 0 Å². The number of rotatable bonds is 14. The summed E-state index contributed by atoms with van der Waals surface area (Å²) in [6.45, 7) is 0.549. The number of sulfone groups is 1. The highest BCUT2D eigenvalue weighted by molar-refractivity contribution is 9.10. The van der Waals surface area contributed by atoms with Crippen LogP contribution in [0.15, 0.2) is 117 Å². The highest BCUT2D eigenvalue weighted by atomic mass is 79.9. The Morgan fingerprint density at radius 3 is 2.43 bits per heavy atom. The van der Waals surface area contributed by atoms with Gasteiger partial charge in [-0.05, 0) is 78.2 Å². The molecule has 0 bridgehead atoms. The molecule has 0 saturated carbocycles. The number of benzene rings is 4. The summed E-state index contributed by atoms with van der Waals surface area (Å²) >= 11 is 3.45. The lowest BCUT2D eigenvalue weighted by atomic mass is 9.85. The Hall–Kier alpha value is -4.06. The maximum absolute atomic E-state index is 14.3. The summed E-state index contributed by atoms with van der Waals surface area (Å²) in [6, 6.07) is 28.5. The third kappa shape index (κ3) is 8.01. The Balaban J connectivity index is 1.51. The van der Waals surface area contributed by atoms with E-state index in [9.17, 15) is 17.6 Å². The van der Waals surface area contributed by atoms with Gasteiger partial charge in [-0.1, -0.05) is 58.4 Å². The molecule has 11 heteroatoms. The minimum atomic E-state index is -3.79. The van der Waals surface area contributed by atoms with Crippen LogP contribution in [-0.2, 0) is 25.8 Å². The van der Waals surface area contributed by atoms with E-state index in [0.29, 0.717) is 41.9 Å². The molecule has 4 aromatic rings. The summed E-state index contributed by atoms with van der Waals surface area (Å²) in [5.41, 5.74) is 0.280. The molecule has 0 saturated heterocycles. The highest BCUT2D eigenvalue weighted by Gasteiger charge is 2.53. The van der Waals surface area contributed by atoms with Gasteiger partial charge in [-0.25, -0.2) is 17.8 Å². The SMILES string of the molecule is O=C(NCCc1cccc(F)c1)[C@]1(CCS(=O)(=O)c2ccccc2)N=C(c2ccc(OCCCO)cc2)O[C@@H]1c1ccc(Br)cc1. The fourth-order valence-corrected chi connectivity index (χ4v) is 6.86. The molecule has 5 rings (SSSR count). The van der Waals surface area contributed by atoms with Crippen LogP contribution >= 0.6 is 15.9 Å². The van der Waals surface area contributed by atoms with E-state index in [4.69, 9.17) is 19.6 Å². The van der Waals surface area contributed by atoms with E-state index in [1.807, 2.05) is 24.3 Å². The fraction of sp³-hybridized carbons (Fsp3) is 0.257. The van der Waals surface area contributed by atoms with E-state index in [-0.39, 0.29) is 41.9 Å². The summed E-state index contributed by atoms with van der Waals surface area (Å²) < 4.78 is 53.7. The van der Waals surface area contributed by atoms with Crippen molar-refractivity contribution in [1.82, 2.24) is 5.32 Å². The van der Waals surface area contributed by atoms with E-state index in [2.05, 4.69) is 21.2 Å². The number of aliphatic hydroxyl groups excluding tert-OH is 1. The van der Waals surface area contributed by atoms with Crippen molar-refractivity contribution in [3.8, 4) is 5.75 Å². The zero-order chi connectivity index (χ0) is 32.6. The number of hydrogen-bond donors (Lipinski definition) is 2. The lowest BCUT2D eigenvalue weighted by molar-refractivity contribution is -0.129. The molecule has 0 spiro atoms. The molecule has 1 heterocycles. The van der Waals surface area contributed by atoms with E-state index in [0.717, 1.165) is 4.47 Å². The number of aliphatic imine (C=N–C) groups is 1. The zero-order valence-electron chi connectivity index (χ0n) is 24.9. The van der Waals surface area contributed by atoms with E-state index in [1.54, 1.807) is 54.6 Å². The summed E-state index contributed by atoms with van der Waals surface area (Å²) in [5, 5.41) is 12.0. The van der Waals surface area contributed by atoms with Crippen LogP contribution in [0.2, 0.25) is 0 Å². The van der Waals surface area contributed by atoms with Gasteiger partial charge in [0.25, 0.3) is 5.91 Å². The Bertz CT molecular complexity index is 1770. The minimum absolute atomic E-state index is 0.0204. The number of nitrogens with zero attached hydrogens (tertiary/aromatic N) is 1. The van der Waals surface area contributed by atoms with Crippen LogP contribution in [0.25, 0.3) is 0 Å². The molecule has 4 aromatic carbocycles. The second kappa shape index (κ2) is 15.0. The largest absolute Gasteiger partial charge is 0.494 e. The molecule has 0 aliphatic carbocycles. The number of carbonyl (C=O) groups is 1. The number of amides is 1. The predicted molar refractivity (Wildman–Crippen MR) is 177 cm³/mol. The molecule has 1 aliphatic heterocycles. The molecule has 240 valence electrons. The van der Waals surface area contributed by atoms with Crippen LogP contribution in [0, 0.1) is 5.82 Å². The van der Waals surface area contributed by atoms with Crippen molar-refractivity contribution in [1.29, 1.82) is 0 Å². The maximum Gasteiger partial charge on any atom is 0.252 e. The Morgan fingerprint density at radius 2 is 1.74 bits per heavy atom. The van der Waals surface area contributed by atoms with Crippen molar-refractivity contribution in [2.45, 2.75) is 35.8 Å². The van der Waals surface area contributed by atoms with Crippen molar-refractivity contribution < 1.29 is 32.2 Å².